The van der Waals surface area contributed by atoms with E-state index in [1.807, 2.05) is 26.0 Å². The highest BCUT2D eigenvalue weighted by atomic mass is 35.5. The predicted octanol–water partition coefficient (Wildman–Crippen LogP) is 3.14. The minimum Gasteiger partial charge on any atom is -0.355 e. The second kappa shape index (κ2) is 8.78. The number of nitrogens with zero attached hydrogens (tertiary/aromatic N) is 1. The van der Waals surface area contributed by atoms with Gasteiger partial charge >= 0.3 is 0 Å². The van der Waals surface area contributed by atoms with Gasteiger partial charge in [-0.3, -0.25) is 4.79 Å². The van der Waals surface area contributed by atoms with Gasteiger partial charge in [0.05, 0.1) is 0 Å². The Labute approximate surface area is 140 Å². The van der Waals surface area contributed by atoms with Crippen LogP contribution in [0.1, 0.15) is 24.3 Å². The second-order valence-corrected chi connectivity index (χ2v) is 5.19. The van der Waals surface area contributed by atoms with Crippen molar-refractivity contribution in [2.24, 2.45) is 0 Å². The Kier molecular flexibility index (Phi) is 7.38. The molecule has 0 aliphatic rings. The van der Waals surface area contributed by atoms with Crippen molar-refractivity contribution in [2.75, 3.05) is 13.1 Å². The van der Waals surface area contributed by atoms with Crippen molar-refractivity contribution >= 4 is 29.9 Å². The van der Waals surface area contributed by atoms with E-state index in [1.54, 1.807) is 18.2 Å². The van der Waals surface area contributed by atoms with Gasteiger partial charge in [-0.2, -0.15) is 0 Å². The molecule has 0 saturated heterocycles. The van der Waals surface area contributed by atoms with Gasteiger partial charge in [0.15, 0.2) is 11.5 Å². The van der Waals surface area contributed by atoms with Crippen LogP contribution in [0.3, 0.4) is 0 Å². The van der Waals surface area contributed by atoms with Crippen molar-refractivity contribution in [3.8, 4) is 11.3 Å². The van der Waals surface area contributed by atoms with Crippen molar-refractivity contribution in [1.29, 1.82) is 0 Å². The first-order chi connectivity index (χ1) is 10.1. The number of amides is 1. The lowest BCUT2D eigenvalue weighted by molar-refractivity contribution is 0.0941. The molecule has 0 aliphatic heterocycles. The number of halogens is 2. The number of carbonyl (C=O) groups excluding carboxylic acids is 1. The van der Waals surface area contributed by atoms with Gasteiger partial charge in [-0.15, -0.1) is 12.4 Å². The number of aromatic nitrogens is 1. The van der Waals surface area contributed by atoms with Crippen molar-refractivity contribution in [2.45, 2.75) is 19.9 Å². The highest BCUT2D eigenvalue weighted by Crippen LogP contribution is 2.22. The van der Waals surface area contributed by atoms with E-state index in [9.17, 15) is 4.79 Å². The molecule has 1 aromatic carbocycles. The van der Waals surface area contributed by atoms with Gasteiger partial charge in [-0.05, 0) is 37.7 Å². The summed E-state index contributed by atoms with van der Waals surface area (Å²) in [5.41, 5.74) is 1.09. The summed E-state index contributed by atoms with van der Waals surface area (Å²) >= 11 is 5.84. The number of hydrogen-bond acceptors (Lipinski definition) is 4. The van der Waals surface area contributed by atoms with E-state index in [4.69, 9.17) is 16.1 Å². The zero-order chi connectivity index (χ0) is 15.2. The van der Waals surface area contributed by atoms with Gasteiger partial charge in [0.2, 0.25) is 0 Å². The molecule has 2 rings (SSSR count). The summed E-state index contributed by atoms with van der Waals surface area (Å²) in [6, 6.07) is 8.99. The topological polar surface area (TPSA) is 67.2 Å². The number of hydrogen-bond donors (Lipinski definition) is 2. The zero-order valence-electron chi connectivity index (χ0n) is 12.4. The normalized spacial score (nSPS) is 11.6. The molecule has 22 heavy (non-hydrogen) atoms. The van der Waals surface area contributed by atoms with E-state index in [2.05, 4.69) is 15.8 Å². The Morgan fingerprint density at radius 3 is 2.68 bits per heavy atom. The third-order valence-corrected chi connectivity index (χ3v) is 3.24. The van der Waals surface area contributed by atoms with Crippen LogP contribution >= 0.6 is 24.0 Å². The summed E-state index contributed by atoms with van der Waals surface area (Å²) in [6.07, 6.45) is 0. The summed E-state index contributed by atoms with van der Waals surface area (Å²) in [7, 11) is 0. The minimum atomic E-state index is -0.247. The Hall–Kier alpha value is -1.56. The molecule has 0 fully saturated rings. The average molecular weight is 344 g/mol. The van der Waals surface area contributed by atoms with E-state index in [-0.39, 0.29) is 30.0 Å². The lowest BCUT2D eigenvalue weighted by Crippen LogP contribution is -2.38. The van der Waals surface area contributed by atoms with E-state index in [0.29, 0.717) is 17.3 Å². The van der Waals surface area contributed by atoms with Gasteiger partial charge < -0.3 is 15.2 Å². The zero-order valence-corrected chi connectivity index (χ0v) is 14.0. The fraction of sp³-hybridized carbons (Fsp3) is 0.333. The molecular formula is C15H19Cl2N3O2. The monoisotopic (exact) mass is 343 g/mol. The second-order valence-electron chi connectivity index (χ2n) is 4.75. The molecule has 0 spiro atoms. The fourth-order valence-corrected chi connectivity index (χ4v) is 2.02. The first-order valence-corrected chi connectivity index (χ1v) is 7.22. The number of nitrogens with one attached hydrogen (secondary N) is 2. The number of carbonyl (C=O) groups is 1. The summed E-state index contributed by atoms with van der Waals surface area (Å²) in [5, 5.41) is 10.5. The maximum Gasteiger partial charge on any atom is 0.273 e. The molecular weight excluding hydrogens is 325 g/mol. The maximum atomic E-state index is 12.0. The Balaban J connectivity index is 0.00000242. The Morgan fingerprint density at radius 1 is 1.36 bits per heavy atom. The average Bonchev–Trinajstić information content (AvgIpc) is 2.96. The first-order valence-electron chi connectivity index (χ1n) is 6.84. The minimum absolute atomic E-state index is 0. The lowest BCUT2D eigenvalue weighted by atomic mass is 10.1. The van der Waals surface area contributed by atoms with Crippen LogP contribution < -0.4 is 10.6 Å². The summed E-state index contributed by atoms with van der Waals surface area (Å²) < 4.78 is 5.20. The van der Waals surface area contributed by atoms with Crippen LogP contribution in [0, 0.1) is 0 Å². The molecule has 1 amide bonds. The van der Waals surface area contributed by atoms with Crippen LogP contribution in [-0.4, -0.2) is 30.2 Å². The van der Waals surface area contributed by atoms with Gasteiger partial charge in [0.1, 0.15) is 0 Å². The summed E-state index contributed by atoms with van der Waals surface area (Å²) in [5.74, 6) is 0.292. The third kappa shape index (κ3) is 5.02. The molecule has 0 radical (unpaired) electrons. The summed E-state index contributed by atoms with van der Waals surface area (Å²) in [4.78, 5) is 12.0. The largest absolute Gasteiger partial charge is 0.355 e. The smallest absolute Gasteiger partial charge is 0.273 e. The summed E-state index contributed by atoms with van der Waals surface area (Å²) in [6.45, 7) is 5.43. The standard InChI is InChI=1S/C15H18ClN3O2.ClH/c1-3-17-10(2)9-18-15(20)13-8-14(21-19-13)11-4-6-12(16)7-5-11;/h4-8,10,17H,3,9H2,1-2H3,(H,18,20);1H/t10-;/m1./s1. The molecule has 7 heteroatoms. The SMILES string of the molecule is CCN[C@H](C)CNC(=O)c1cc(-c2ccc(Cl)cc2)on1.Cl. The number of rotatable bonds is 6. The van der Waals surface area contributed by atoms with Crippen molar-refractivity contribution in [1.82, 2.24) is 15.8 Å². The van der Waals surface area contributed by atoms with Crippen LogP contribution in [0.5, 0.6) is 0 Å². The molecule has 120 valence electrons. The lowest BCUT2D eigenvalue weighted by Gasteiger charge is -2.12. The van der Waals surface area contributed by atoms with E-state index in [0.717, 1.165) is 12.1 Å². The van der Waals surface area contributed by atoms with Crippen molar-refractivity contribution in [3.05, 3.63) is 41.0 Å². The molecule has 0 saturated carbocycles. The predicted molar refractivity (Wildman–Crippen MR) is 89.7 cm³/mol. The van der Waals surface area contributed by atoms with Gasteiger partial charge in [-0.1, -0.05) is 23.7 Å². The van der Waals surface area contributed by atoms with E-state index < -0.39 is 0 Å². The molecule has 1 heterocycles. The first kappa shape index (κ1) is 18.5. The van der Waals surface area contributed by atoms with Crippen LogP contribution in [-0.2, 0) is 0 Å². The van der Waals surface area contributed by atoms with Crippen LogP contribution in [0.2, 0.25) is 5.02 Å². The highest BCUT2D eigenvalue weighted by Gasteiger charge is 2.14. The van der Waals surface area contributed by atoms with E-state index in [1.165, 1.54) is 0 Å². The van der Waals surface area contributed by atoms with Crippen molar-refractivity contribution in [3.63, 3.8) is 0 Å². The highest BCUT2D eigenvalue weighted by molar-refractivity contribution is 6.30. The third-order valence-electron chi connectivity index (χ3n) is 2.99. The molecule has 5 nitrogen and oxygen atoms in total. The molecule has 2 N–H and O–H groups in total. The Bertz CT molecular complexity index is 599. The van der Waals surface area contributed by atoms with Gasteiger partial charge in [-0.25, -0.2) is 0 Å². The fourth-order valence-electron chi connectivity index (χ4n) is 1.89. The molecule has 1 atom stereocenters. The molecule has 0 bridgehead atoms. The van der Waals surface area contributed by atoms with Gasteiger partial charge in [0.25, 0.3) is 5.91 Å². The molecule has 2 aromatic rings. The molecule has 1 aromatic heterocycles. The van der Waals surface area contributed by atoms with Crippen LogP contribution in [0.4, 0.5) is 0 Å². The van der Waals surface area contributed by atoms with Crippen molar-refractivity contribution < 1.29 is 9.32 Å². The quantitative estimate of drug-likeness (QED) is 0.845. The van der Waals surface area contributed by atoms with Gasteiger partial charge in [0, 0.05) is 29.2 Å². The molecule has 0 unspecified atom stereocenters. The Morgan fingerprint density at radius 2 is 2.05 bits per heavy atom. The molecule has 0 aliphatic carbocycles. The number of likely N-dealkylation sites (N-methyl/N-ethyl adjacent to an activating group) is 1. The van der Waals surface area contributed by atoms with Crippen LogP contribution in [0.15, 0.2) is 34.9 Å². The maximum absolute atomic E-state index is 12.0. The van der Waals surface area contributed by atoms with E-state index >= 15 is 0 Å². The van der Waals surface area contributed by atoms with Crippen LogP contribution in [0.25, 0.3) is 11.3 Å². The number of benzene rings is 1.